The van der Waals surface area contributed by atoms with Gasteiger partial charge in [-0.15, -0.1) is 0 Å². The van der Waals surface area contributed by atoms with Gasteiger partial charge in [0.05, 0.1) is 6.07 Å². The minimum Gasteiger partial charge on any atom is -0.291 e. The molecule has 2 nitrogen and oxygen atoms in total. The summed E-state index contributed by atoms with van der Waals surface area (Å²) in [4.78, 5) is 9.79. The first-order valence-corrected chi connectivity index (χ1v) is 3.03. The Morgan fingerprint density at radius 3 is 2.38 bits per heavy atom. The van der Waals surface area contributed by atoms with Crippen molar-refractivity contribution in [1.82, 2.24) is 0 Å². The van der Waals surface area contributed by atoms with Gasteiger partial charge in [-0.25, -0.2) is 0 Å². The molecule has 0 fully saturated rings. The van der Waals surface area contributed by atoms with Gasteiger partial charge in [-0.2, -0.15) is 5.26 Å². The Kier molecular flexibility index (Phi) is 2.56. The number of nitriles is 1. The largest absolute Gasteiger partial charge is 0.291 e. The molecule has 0 aliphatic carbocycles. The van der Waals surface area contributed by atoms with Crippen molar-refractivity contribution >= 4 is 17.4 Å². The summed E-state index contributed by atoms with van der Waals surface area (Å²) in [6.45, 7) is 3.40. The second kappa shape index (κ2) is 2.73. The van der Waals surface area contributed by atoms with Crippen LogP contribution in [0.4, 0.5) is 0 Å². The van der Waals surface area contributed by atoms with Crippen molar-refractivity contribution in [3.63, 3.8) is 0 Å². The maximum atomic E-state index is 9.79. The van der Waals surface area contributed by atoms with Crippen molar-refractivity contribution in [3.8, 4) is 6.07 Å². The molecule has 8 heavy (non-hydrogen) atoms. The molecule has 0 unspecified atom stereocenters. The van der Waals surface area contributed by atoms with E-state index in [2.05, 4.69) is 0 Å². The van der Waals surface area contributed by atoms with E-state index in [9.17, 15) is 4.79 Å². The summed E-state index contributed by atoms with van der Waals surface area (Å²) in [6, 6.07) is 1.97. The van der Waals surface area contributed by atoms with Crippen LogP contribution in [0.1, 0.15) is 13.8 Å². The van der Waals surface area contributed by atoms with Gasteiger partial charge < -0.3 is 0 Å². The molecular formula is C5H7NOS. The van der Waals surface area contributed by atoms with E-state index in [-0.39, 0.29) is 0 Å². The molecular weight excluding hydrogens is 122 g/mol. The van der Waals surface area contributed by atoms with E-state index in [4.69, 9.17) is 5.26 Å². The van der Waals surface area contributed by atoms with Crippen molar-refractivity contribution in [1.29, 1.82) is 5.26 Å². The van der Waals surface area contributed by atoms with Crippen LogP contribution in [0, 0.1) is 11.3 Å². The van der Waals surface area contributed by atoms with E-state index in [1.165, 1.54) is 0 Å². The fourth-order valence-corrected chi connectivity index (χ4v) is 0.440. The van der Waals surface area contributed by atoms with Crippen molar-refractivity contribution in [2.24, 2.45) is 0 Å². The number of thioether (sulfide) groups is 1. The number of hydrogen-bond acceptors (Lipinski definition) is 3. The van der Waals surface area contributed by atoms with E-state index in [1.54, 1.807) is 13.8 Å². The molecule has 0 aliphatic rings. The lowest BCUT2D eigenvalue weighted by atomic mass is 10.2. The molecule has 0 rings (SSSR count). The zero-order valence-electron chi connectivity index (χ0n) is 4.84. The Bertz CT molecular complexity index is 125. The van der Waals surface area contributed by atoms with Crippen molar-refractivity contribution < 1.29 is 4.79 Å². The predicted molar refractivity (Wildman–Crippen MR) is 34.0 cm³/mol. The molecule has 0 atom stereocenters. The SMILES string of the molecule is CC(C)(C#N)SC=O. The first kappa shape index (κ1) is 7.51. The third-order valence-electron chi connectivity index (χ3n) is 0.612. The number of nitrogens with zero attached hydrogens (tertiary/aromatic N) is 1. The normalized spacial score (nSPS) is 10.1. The average Bonchev–Trinajstić information content (AvgIpc) is 1.67. The summed E-state index contributed by atoms with van der Waals surface area (Å²) >= 11 is 0.992. The lowest BCUT2D eigenvalue weighted by Gasteiger charge is -2.06. The summed E-state index contributed by atoms with van der Waals surface area (Å²) < 4.78 is -0.554. The molecule has 0 aromatic rings. The fourth-order valence-electron chi connectivity index (χ4n) is 0.147. The van der Waals surface area contributed by atoms with Crippen molar-refractivity contribution in [3.05, 3.63) is 0 Å². The summed E-state index contributed by atoms with van der Waals surface area (Å²) in [5.41, 5.74) is 0.684. The van der Waals surface area contributed by atoms with Crippen LogP contribution >= 0.6 is 11.8 Å². The Morgan fingerprint density at radius 2 is 2.25 bits per heavy atom. The third kappa shape index (κ3) is 2.64. The molecule has 0 amide bonds. The van der Waals surface area contributed by atoms with Crippen LogP contribution in [0.3, 0.4) is 0 Å². The summed E-state index contributed by atoms with van der Waals surface area (Å²) in [6.07, 6.45) is 0. The summed E-state index contributed by atoms with van der Waals surface area (Å²) in [5.74, 6) is 0. The summed E-state index contributed by atoms with van der Waals surface area (Å²) in [7, 11) is 0. The van der Waals surface area contributed by atoms with E-state index in [0.29, 0.717) is 5.62 Å². The Hall–Kier alpha value is -0.490. The van der Waals surface area contributed by atoms with E-state index >= 15 is 0 Å². The lowest BCUT2D eigenvalue weighted by molar-refractivity contribution is 0.569. The van der Waals surface area contributed by atoms with Gasteiger partial charge in [-0.05, 0) is 13.8 Å². The average molecular weight is 129 g/mol. The molecule has 44 valence electrons. The highest BCUT2D eigenvalue weighted by molar-refractivity contribution is 8.13. The van der Waals surface area contributed by atoms with Gasteiger partial charge in [-0.3, -0.25) is 4.79 Å². The van der Waals surface area contributed by atoms with Gasteiger partial charge in [0.1, 0.15) is 4.75 Å². The van der Waals surface area contributed by atoms with Gasteiger partial charge in [0.2, 0.25) is 0 Å². The molecule has 0 aromatic carbocycles. The highest BCUT2D eigenvalue weighted by atomic mass is 32.2. The van der Waals surface area contributed by atoms with Crippen molar-refractivity contribution in [2.45, 2.75) is 18.6 Å². The Balaban J connectivity index is 3.76. The van der Waals surface area contributed by atoms with Crippen LogP contribution in [0.5, 0.6) is 0 Å². The molecule has 0 aliphatic heterocycles. The fraction of sp³-hybridized carbons (Fsp3) is 0.600. The van der Waals surface area contributed by atoms with Crippen LogP contribution in [-0.2, 0) is 4.79 Å². The molecule has 0 aromatic heterocycles. The smallest absolute Gasteiger partial charge is 0.177 e. The molecule has 0 heterocycles. The molecule has 0 saturated carbocycles. The van der Waals surface area contributed by atoms with Gasteiger partial charge in [0.15, 0.2) is 5.62 Å². The van der Waals surface area contributed by atoms with Crippen LogP contribution in [0.15, 0.2) is 0 Å². The lowest BCUT2D eigenvalue weighted by Crippen LogP contribution is -2.09. The standard InChI is InChI=1S/C5H7NOS/c1-5(2,3-6)8-4-7/h4H,1-2H3. The van der Waals surface area contributed by atoms with Crippen LogP contribution in [-0.4, -0.2) is 10.4 Å². The van der Waals surface area contributed by atoms with Gasteiger partial charge >= 0.3 is 0 Å². The van der Waals surface area contributed by atoms with Crippen molar-refractivity contribution in [2.75, 3.05) is 0 Å². The summed E-state index contributed by atoms with van der Waals surface area (Å²) in [5, 5.41) is 8.30. The Labute approximate surface area is 52.9 Å². The maximum absolute atomic E-state index is 9.79. The minimum atomic E-state index is -0.554. The highest BCUT2D eigenvalue weighted by Crippen LogP contribution is 2.19. The van der Waals surface area contributed by atoms with Crippen LogP contribution < -0.4 is 0 Å². The maximum Gasteiger partial charge on any atom is 0.177 e. The monoisotopic (exact) mass is 129 g/mol. The van der Waals surface area contributed by atoms with E-state index in [0.717, 1.165) is 11.8 Å². The molecule has 0 radical (unpaired) electrons. The predicted octanol–water partition coefficient (Wildman–Crippen LogP) is 1.21. The zero-order valence-corrected chi connectivity index (χ0v) is 5.66. The minimum absolute atomic E-state index is 0.554. The van der Waals surface area contributed by atoms with Crippen LogP contribution in [0.25, 0.3) is 0 Å². The molecule has 0 saturated heterocycles. The van der Waals surface area contributed by atoms with E-state index in [1.807, 2.05) is 6.07 Å². The Morgan fingerprint density at radius 1 is 1.75 bits per heavy atom. The number of carbonyl (C=O) groups is 1. The molecule has 3 heteroatoms. The number of rotatable bonds is 2. The molecule has 0 bridgehead atoms. The zero-order chi connectivity index (χ0) is 6.62. The second-order valence-corrected chi connectivity index (χ2v) is 3.28. The third-order valence-corrected chi connectivity index (χ3v) is 1.39. The first-order chi connectivity index (χ1) is 3.62. The second-order valence-electron chi connectivity index (χ2n) is 1.84. The number of hydrogen-bond donors (Lipinski definition) is 0. The van der Waals surface area contributed by atoms with Crippen LogP contribution in [0.2, 0.25) is 0 Å². The topological polar surface area (TPSA) is 40.9 Å². The first-order valence-electron chi connectivity index (χ1n) is 2.15. The molecule has 0 spiro atoms. The number of carbonyl (C=O) groups excluding carboxylic acids is 1. The quantitative estimate of drug-likeness (QED) is 0.526. The van der Waals surface area contributed by atoms with E-state index < -0.39 is 4.75 Å². The van der Waals surface area contributed by atoms with Gasteiger partial charge in [0, 0.05) is 0 Å². The molecule has 0 N–H and O–H groups in total. The van der Waals surface area contributed by atoms with Gasteiger partial charge in [-0.1, -0.05) is 11.8 Å². The van der Waals surface area contributed by atoms with Gasteiger partial charge in [0.25, 0.3) is 0 Å². The highest BCUT2D eigenvalue weighted by Gasteiger charge is 2.15.